The fraction of sp³-hybridized carbons (Fsp3) is 0.562. The second kappa shape index (κ2) is 6.99. The largest absolute Gasteiger partial charge is 0.308 e. The number of benzene rings is 1. The molecule has 0 spiro atoms. The summed E-state index contributed by atoms with van der Waals surface area (Å²) in [5.74, 6) is 0.132. The predicted octanol–water partition coefficient (Wildman–Crippen LogP) is 4.22. The molecule has 0 unspecified atom stereocenters. The average Bonchev–Trinajstić information content (AvgIpc) is 2.92. The zero-order chi connectivity index (χ0) is 15.6. The first-order valence-electron chi connectivity index (χ1n) is 7.39. The zero-order valence-corrected chi connectivity index (χ0v) is 14.3. The third-order valence-corrected chi connectivity index (χ3v) is 4.93. The van der Waals surface area contributed by atoms with Crippen LogP contribution in [0.2, 0.25) is 10.0 Å². The molecule has 2 atom stereocenters. The van der Waals surface area contributed by atoms with Crippen molar-refractivity contribution in [3.63, 3.8) is 0 Å². The number of hydrogen-bond donors (Lipinski definition) is 0. The maximum absolute atomic E-state index is 12.5. The van der Waals surface area contributed by atoms with E-state index < -0.39 is 0 Å². The zero-order valence-electron chi connectivity index (χ0n) is 12.8. The molecule has 1 saturated carbocycles. The summed E-state index contributed by atoms with van der Waals surface area (Å²) in [7, 11) is 4.15. The maximum Gasteiger partial charge on any atom is 0.227 e. The van der Waals surface area contributed by atoms with Crippen LogP contribution in [0.25, 0.3) is 0 Å². The first-order valence-corrected chi connectivity index (χ1v) is 8.14. The highest BCUT2D eigenvalue weighted by atomic mass is 35.5. The molecule has 1 aliphatic carbocycles. The first-order chi connectivity index (χ1) is 9.95. The van der Waals surface area contributed by atoms with Crippen molar-refractivity contribution >= 4 is 34.8 Å². The van der Waals surface area contributed by atoms with E-state index in [9.17, 15) is 4.79 Å². The minimum Gasteiger partial charge on any atom is -0.308 e. The number of anilines is 1. The van der Waals surface area contributed by atoms with Crippen LogP contribution >= 0.6 is 23.2 Å². The van der Waals surface area contributed by atoms with Gasteiger partial charge in [0.15, 0.2) is 0 Å². The normalized spacial score (nSPS) is 21.8. The second-order valence-electron chi connectivity index (χ2n) is 5.74. The molecule has 2 rings (SSSR count). The van der Waals surface area contributed by atoms with Crippen LogP contribution in [0.1, 0.15) is 32.6 Å². The third-order valence-electron chi connectivity index (χ3n) is 4.19. The monoisotopic (exact) mass is 328 g/mol. The Morgan fingerprint density at radius 1 is 1.19 bits per heavy atom. The molecule has 0 N–H and O–H groups in total. The van der Waals surface area contributed by atoms with Gasteiger partial charge >= 0.3 is 0 Å². The molecule has 0 saturated heterocycles. The van der Waals surface area contributed by atoms with Gasteiger partial charge in [0, 0.05) is 18.2 Å². The molecule has 0 bridgehead atoms. The van der Waals surface area contributed by atoms with Gasteiger partial charge in [-0.05, 0) is 51.6 Å². The molecular weight excluding hydrogens is 307 g/mol. The van der Waals surface area contributed by atoms with E-state index in [0.717, 1.165) is 24.9 Å². The molecule has 1 aromatic carbocycles. The Morgan fingerprint density at radius 2 is 1.86 bits per heavy atom. The fourth-order valence-corrected chi connectivity index (χ4v) is 3.44. The summed E-state index contributed by atoms with van der Waals surface area (Å²) in [5, 5.41) is 1.00. The van der Waals surface area contributed by atoms with Gasteiger partial charge in [-0.3, -0.25) is 4.79 Å². The van der Waals surface area contributed by atoms with Gasteiger partial charge in [0.05, 0.1) is 16.1 Å². The average molecular weight is 329 g/mol. The Labute approximate surface area is 136 Å². The predicted molar refractivity (Wildman–Crippen MR) is 89.4 cm³/mol. The van der Waals surface area contributed by atoms with Crippen molar-refractivity contribution in [1.29, 1.82) is 0 Å². The van der Waals surface area contributed by atoms with Crippen LogP contribution < -0.4 is 4.90 Å². The summed E-state index contributed by atoms with van der Waals surface area (Å²) in [5.41, 5.74) is 0.843. The molecule has 0 aliphatic heterocycles. The van der Waals surface area contributed by atoms with Gasteiger partial charge in [0.25, 0.3) is 0 Å². The maximum atomic E-state index is 12.5. The van der Waals surface area contributed by atoms with Gasteiger partial charge in [-0.15, -0.1) is 0 Å². The standard InChI is InChI=1S/C16H22Cl2N2O/c1-4-16(21)20(11-8-9-12(17)13(18)10-11)15-7-5-6-14(15)19(2)3/h8-10,14-15H,4-7H2,1-3H3/t14-,15+/m0/s1. The number of amides is 1. The SMILES string of the molecule is CCC(=O)N(c1ccc(Cl)c(Cl)c1)[C@@H]1CCC[C@@H]1N(C)C. The van der Waals surface area contributed by atoms with E-state index in [2.05, 4.69) is 19.0 Å². The Kier molecular flexibility index (Phi) is 5.53. The van der Waals surface area contributed by atoms with Gasteiger partial charge in [0.1, 0.15) is 0 Å². The van der Waals surface area contributed by atoms with Crippen LogP contribution in [-0.2, 0) is 4.79 Å². The van der Waals surface area contributed by atoms with E-state index in [0.29, 0.717) is 22.5 Å². The Bertz CT molecular complexity index is 519. The van der Waals surface area contributed by atoms with Gasteiger partial charge in [-0.25, -0.2) is 0 Å². The molecule has 21 heavy (non-hydrogen) atoms. The van der Waals surface area contributed by atoms with Crippen molar-refractivity contribution in [2.75, 3.05) is 19.0 Å². The summed E-state index contributed by atoms with van der Waals surface area (Å²) < 4.78 is 0. The highest BCUT2D eigenvalue weighted by Crippen LogP contribution is 2.34. The molecule has 1 fully saturated rings. The number of rotatable bonds is 4. The van der Waals surface area contributed by atoms with E-state index in [-0.39, 0.29) is 11.9 Å². The van der Waals surface area contributed by atoms with E-state index in [4.69, 9.17) is 23.2 Å². The van der Waals surface area contributed by atoms with E-state index in [1.807, 2.05) is 17.9 Å². The number of likely N-dealkylation sites (N-methyl/N-ethyl adjacent to an activating group) is 1. The molecule has 1 aromatic rings. The smallest absolute Gasteiger partial charge is 0.227 e. The summed E-state index contributed by atoms with van der Waals surface area (Å²) in [6, 6.07) is 6.02. The van der Waals surface area contributed by atoms with E-state index >= 15 is 0 Å². The first kappa shape index (κ1) is 16.6. The minimum atomic E-state index is 0.132. The van der Waals surface area contributed by atoms with Crippen LogP contribution in [0.15, 0.2) is 18.2 Å². The van der Waals surface area contributed by atoms with Crippen molar-refractivity contribution < 1.29 is 4.79 Å². The molecule has 0 aromatic heterocycles. The van der Waals surface area contributed by atoms with Crippen molar-refractivity contribution in [2.24, 2.45) is 0 Å². The van der Waals surface area contributed by atoms with Crippen molar-refractivity contribution in [3.8, 4) is 0 Å². The van der Waals surface area contributed by atoms with E-state index in [1.165, 1.54) is 0 Å². The van der Waals surface area contributed by atoms with Crippen molar-refractivity contribution in [3.05, 3.63) is 28.2 Å². The molecule has 1 amide bonds. The van der Waals surface area contributed by atoms with Crippen LogP contribution in [0.4, 0.5) is 5.69 Å². The molecular formula is C16H22Cl2N2O. The third kappa shape index (κ3) is 3.53. The number of carbonyl (C=O) groups is 1. The molecule has 3 nitrogen and oxygen atoms in total. The minimum absolute atomic E-state index is 0.132. The van der Waals surface area contributed by atoms with Crippen LogP contribution in [0.5, 0.6) is 0 Å². The highest BCUT2D eigenvalue weighted by molar-refractivity contribution is 6.42. The van der Waals surface area contributed by atoms with Gasteiger partial charge < -0.3 is 9.80 Å². The fourth-order valence-electron chi connectivity index (χ4n) is 3.15. The van der Waals surface area contributed by atoms with Crippen molar-refractivity contribution in [1.82, 2.24) is 4.90 Å². The summed E-state index contributed by atoms with van der Waals surface area (Å²) in [4.78, 5) is 16.6. The van der Waals surface area contributed by atoms with Crippen LogP contribution in [-0.4, -0.2) is 37.0 Å². The lowest BCUT2D eigenvalue weighted by molar-refractivity contribution is -0.119. The van der Waals surface area contributed by atoms with Gasteiger partial charge in [0.2, 0.25) is 5.91 Å². The summed E-state index contributed by atoms with van der Waals surface area (Å²) >= 11 is 12.1. The Morgan fingerprint density at radius 3 is 2.43 bits per heavy atom. The number of nitrogens with zero attached hydrogens (tertiary/aromatic N) is 2. The summed E-state index contributed by atoms with van der Waals surface area (Å²) in [6.07, 6.45) is 3.76. The van der Waals surface area contributed by atoms with Gasteiger partial charge in [-0.2, -0.15) is 0 Å². The molecule has 116 valence electrons. The topological polar surface area (TPSA) is 23.6 Å². The lowest BCUT2D eigenvalue weighted by atomic mass is 10.1. The quantitative estimate of drug-likeness (QED) is 0.826. The van der Waals surface area contributed by atoms with Crippen LogP contribution in [0, 0.1) is 0 Å². The van der Waals surface area contributed by atoms with Gasteiger partial charge in [-0.1, -0.05) is 30.1 Å². The lowest BCUT2D eigenvalue weighted by Gasteiger charge is -2.36. The lowest BCUT2D eigenvalue weighted by Crippen LogP contribution is -2.49. The molecule has 5 heteroatoms. The number of halogens is 2. The Hall–Kier alpha value is -0.770. The van der Waals surface area contributed by atoms with E-state index in [1.54, 1.807) is 12.1 Å². The highest BCUT2D eigenvalue weighted by Gasteiger charge is 2.36. The second-order valence-corrected chi connectivity index (χ2v) is 6.56. The molecule has 0 heterocycles. The van der Waals surface area contributed by atoms with Crippen molar-refractivity contribution in [2.45, 2.75) is 44.7 Å². The molecule has 1 aliphatic rings. The Balaban J connectivity index is 2.38. The summed E-state index contributed by atoms with van der Waals surface area (Å²) in [6.45, 7) is 1.90. The molecule has 0 radical (unpaired) electrons. The van der Waals surface area contributed by atoms with Crippen LogP contribution in [0.3, 0.4) is 0 Å². The number of hydrogen-bond acceptors (Lipinski definition) is 2. The number of carbonyl (C=O) groups excluding carboxylic acids is 1.